The number of hydrogen-bond acceptors (Lipinski definition) is 2. The van der Waals surface area contributed by atoms with Crippen molar-refractivity contribution < 1.29 is 4.42 Å². The van der Waals surface area contributed by atoms with Crippen LogP contribution in [0.4, 0.5) is 0 Å². The number of aryl methyl sites for hydroxylation is 2. The van der Waals surface area contributed by atoms with Gasteiger partial charge in [0.1, 0.15) is 5.76 Å². The summed E-state index contributed by atoms with van der Waals surface area (Å²) in [6.45, 7) is 3.99. The Hall–Kier alpha value is -2.03. The quantitative estimate of drug-likeness (QED) is 0.671. The Morgan fingerprint density at radius 3 is 2.75 bits per heavy atom. The van der Waals surface area contributed by atoms with Crippen molar-refractivity contribution in [2.75, 3.05) is 0 Å². The van der Waals surface area contributed by atoms with E-state index in [0.29, 0.717) is 0 Å². The first-order valence-electron chi connectivity index (χ1n) is 5.25. The van der Waals surface area contributed by atoms with Gasteiger partial charge in [0, 0.05) is 0 Å². The number of hydrogen-bond donors (Lipinski definition) is 1. The number of imidazole rings is 1. The summed E-state index contributed by atoms with van der Waals surface area (Å²) >= 11 is 0. The van der Waals surface area contributed by atoms with Crippen LogP contribution in [0.15, 0.2) is 34.7 Å². The second-order valence-corrected chi connectivity index (χ2v) is 4.02. The first-order valence-corrected chi connectivity index (χ1v) is 5.25. The molecule has 0 unspecified atom stereocenters. The van der Waals surface area contributed by atoms with Crippen molar-refractivity contribution in [3.63, 3.8) is 0 Å². The highest BCUT2D eigenvalue weighted by Gasteiger charge is 2.08. The average molecular weight is 212 g/mol. The van der Waals surface area contributed by atoms with E-state index in [2.05, 4.69) is 29.0 Å². The van der Waals surface area contributed by atoms with E-state index in [1.54, 1.807) is 0 Å². The van der Waals surface area contributed by atoms with Gasteiger partial charge in [-0.15, -0.1) is 0 Å². The van der Waals surface area contributed by atoms with Crippen LogP contribution in [0.1, 0.15) is 11.3 Å². The highest BCUT2D eigenvalue weighted by atomic mass is 16.3. The fraction of sp³-hybridized carbons (Fsp3) is 0.154. The fourth-order valence-electron chi connectivity index (χ4n) is 1.80. The van der Waals surface area contributed by atoms with Gasteiger partial charge >= 0.3 is 0 Å². The Kier molecular flexibility index (Phi) is 1.86. The van der Waals surface area contributed by atoms with Crippen LogP contribution in [-0.2, 0) is 0 Å². The average Bonchev–Trinajstić information content (AvgIpc) is 2.83. The Bertz CT molecular complexity index is 649. The number of fused-ring (bicyclic) bond motifs is 1. The molecule has 0 amide bonds. The van der Waals surface area contributed by atoms with E-state index in [0.717, 1.165) is 28.4 Å². The summed E-state index contributed by atoms with van der Waals surface area (Å²) in [6, 6.07) is 10.0. The molecule has 3 heteroatoms. The van der Waals surface area contributed by atoms with E-state index in [9.17, 15) is 0 Å². The van der Waals surface area contributed by atoms with Crippen LogP contribution in [0.25, 0.3) is 22.6 Å². The number of aromatic nitrogens is 2. The van der Waals surface area contributed by atoms with Gasteiger partial charge in [0.05, 0.1) is 11.0 Å². The third-order valence-corrected chi connectivity index (χ3v) is 2.61. The lowest BCUT2D eigenvalue weighted by atomic mass is 10.2. The van der Waals surface area contributed by atoms with E-state index in [1.165, 1.54) is 5.56 Å². The van der Waals surface area contributed by atoms with Crippen molar-refractivity contribution in [3.8, 4) is 11.6 Å². The second kappa shape index (κ2) is 3.23. The molecular weight excluding hydrogens is 200 g/mol. The van der Waals surface area contributed by atoms with Crippen molar-refractivity contribution in [1.82, 2.24) is 9.97 Å². The van der Waals surface area contributed by atoms with E-state index >= 15 is 0 Å². The molecule has 80 valence electrons. The smallest absolute Gasteiger partial charge is 0.174 e. The van der Waals surface area contributed by atoms with E-state index in [-0.39, 0.29) is 0 Å². The minimum Gasteiger partial charge on any atom is -0.458 e. The van der Waals surface area contributed by atoms with Crippen LogP contribution in [0, 0.1) is 13.8 Å². The lowest BCUT2D eigenvalue weighted by Gasteiger charge is -1.89. The SMILES string of the molecule is Cc1ccc2nc(-c3ccc(C)o3)[nH]c2c1. The molecule has 1 aromatic carbocycles. The maximum atomic E-state index is 5.54. The van der Waals surface area contributed by atoms with Gasteiger partial charge in [-0.05, 0) is 43.7 Å². The molecule has 0 radical (unpaired) electrons. The van der Waals surface area contributed by atoms with E-state index < -0.39 is 0 Å². The Morgan fingerprint density at radius 2 is 2.00 bits per heavy atom. The van der Waals surface area contributed by atoms with Gasteiger partial charge in [-0.2, -0.15) is 0 Å². The Balaban J connectivity index is 2.18. The first-order chi connectivity index (χ1) is 7.72. The Morgan fingerprint density at radius 1 is 1.12 bits per heavy atom. The molecule has 3 nitrogen and oxygen atoms in total. The molecule has 3 aromatic rings. The van der Waals surface area contributed by atoms with Crippen LogP contribution < -0.4 is 0 Å². The van der Waals surface area contributed by atoms with E-state index in [1.807, 2.05) is 25.1 Å². The first kappa shape index (κ1) is 9.21. The fourth-order valence-corrected chi connectivity index (χ4v) is 1.80. The number of furan rings is 1. The predicted octanol–water partition coefficient (Wildman–Crippen LogP) is 3.44. The van der Waals surface area contributed by atoms with Crippen molar-refractivity contribution in [1.29, 1.82) is 0 Å². The normalized spacial score (nSPS) is 11.1. The lowest BCUT2D eigenvalue weighted by molar-refractivity contribution is 0.545. The minimum absolute atomic E-state index is 0.784. The zero-order valence-electron chi connectivity index (χ0n) is 9.24. The van der Waals surface area contributed by atoms with Crippen molar-refractivity contribution in [2.45, 2.75) is 13.8 Å². The van der Waals surface area contributed by atoms with Gasteiger partial charge in [0.25, 0.3) is 0 Å². The molecule has 0 aliphatic rings. The molecule has 0 atom stereocenters. The molecule has 0 aliphatic heterocycles. The second-order valence-electron chi connectivity index (χ2n) is 4.02. The minimum atomic E-state index is 0.784. The van der Waals surface area contributed by atoms with Crippen LogP contribution in [-0.4, -0.2) is 9.97 Å². The van der Waals surface area contributed by atoms with Gasteiger partial charge in [0.15, 0.2) is 11.6 Å². The summed E-state index contributed by atoms with van der Waals surface area (Å²) < 4.78 is 5.54. The third-order valence-electron chi connectivity index (χ3n) is 2.61. The molecule has 0 spiro atoms. The molecule has 0 bridgehead atoms. The van der Waals surface area contributed by atoms with Gasteiger partial charge in [0.2, 0.25) is 0 Å². The highest BCUT2D eigenvalue weighted by Crippen LogP contribution is 2.22. The van der Waals surface area contributed by atoms with Crippen LogP contribution in [0.5, 0.6) is 0 Å². The number of aromatic amines is 1. The molecule has 2 heterocycles. The Labute approximate surface area is 93.1 Å². The number of rotatable bonds is 1. The van der Waals surface area contributed by atoms with Crippen molar-refractivity contribution >= 4 is 11.0 Å². The summed E-state index contributed by atoms with van der Waals surface area (Å²) in [7, 11) is 0. The van der Waals surface area contributed by atoms with Crippen molar-refractivity contribution in [2.24, 2.45) is 0 Å². The maximum absolute atomic E-state index is 5.54. The zero-order valence-corrected chi connectivity index (χ0v) is 9.24. The highest BCUT2D eigenvalue weighted by molar-refractivity contribution is 5.79. The largest absolute Gasteiger partial charge is 0.458 e. The molecule has 16 heavy (non-hydrogen) atoms. The third kappa shape index (κ3) is 1.41. The van der Waals surface area contributed by atoms with Gasteiger partial charge in [-0.1, -0.05) is 6.07 Å². The topological polar surface area (TPSA) is 41.8 Å². The standard InChI is InChI=1S/C13H12N2O/c1-8-3-5-10-11(7-8)15-13(14-10)12-6-4-9(2)16-12/h3-7H,1-2H3,(H,14,15). The zero-order chi connectivity index (χ0) is 11.1. The summed E-state index contributed by atoms with van der Waals surface area (Å²) in [6.07, 6.45) is 0. The number of benzene rings is 1. The van der Waals surface area contributed by atoms with Gasteiger partial charge < -0.3 is 9.40 Å². The van der Waals surface area contributed by atoms with Crippen LogP contribution in [0.3, 0.4) is 0 Å². The molecule has 0 aliphatic carbocycles. The molecule has 0 fully saturated rings. The predicted molar refractivity (Wildman–Crippen MR) is 63.3 cm³/mol. The summed E-state index contributed by atoms with van der Waals surface area (Å²) in [5, 5.41) is 0. The molecule has 1 N–H and O–H groups in total. The maximum Gasteiger partial charge on any atom is 0.174 e. The number of nitrogens with one attached hydrogen (secondary N) is 1. The number of nitrogens with zero attached hydrogens (tertiary/aromatic N) is 1. The summed E-state index contributed by atoms with van der Waals surface area (Å²) in [4.78, 5) is 7.75. The van der Waals surface area contributed by atoms with E-state index in [4.69, 9.17) is 4.42 Å². The van der Waals surface area contributed by atoms with Crippen LogP contribution in [0.2, 0.25) is 0 Å². The van der Waals surface area contributed by atoms with Crippen LogP contribution >= 0.6 is 0 Å². The summed E-state index contributed by atoms with van der Waals surface area (Å²) in [5.74, 6) is 2.46. The molecule has 0 saturated carbocycles. The van der Waals surface area contributed by atoms with Gasteiger partial charge in [-0.25, -0.2) is 4.98 Å². The van der Waals surface area contributed by atoms with Gasteiger partial charge in [-0.3, -0.25) is 0 Å². The lowest BCUT2D eigenvalue weighted by Crippen LogP contribution is -1.74. The summed E-state index contributed by atoms with van der Waals surface area (Å²) in [5.41, 5.74) is 3.23. The molecule has 0 saturated heterocycles. The van der Waals surface area contributed by atoms with Crippen molar-refractivity contribution in [3.05, 3.63) is 41.7 Å². The monoisotopic (exact) mass is 212 g/mol. The molecular formula is C13H12N2O. The molecule has 3 rings (SSSR count). The number of H-pyrrole nitrogens is 1. The molecule has 2 aromatic heterocycles.